The molecule has 0 heterocycles. The molecule has 2 rings (SSSR count). The van der Waals surface area contributed by atoms with Gasteiger partial charge in [0, 0.05) is 24.1 Å². The number of hydrogen-bond donors (Lipinski definition) is 2. The third kappa shape index (κ3) is 0.937. The first kappa shape index (κ1) is 7.42. The Morgan fingerprint density at radius 3 is 2.75 bits per heavy atom. The molecule has 62 valence electrons. The lowest BCUT2D eigenvalue weighted by Gasteiger charge is -2.19. The molecule has 0 aliphatic heterocycles. The van der Waals surface area contributed by atoms with Crippen molar-refractivity contribution >= 4 is 11.5 Å². The molecule has 0 amide bonds. The number of quaternary nitrogens is 1. The van der Waals surface area contributed by atoms with Crippen LogP contribution in [0.4, 0.5) is 5.69 Å². The normalized spacial score (nSPS) is 16.7. The second-order valence-electron chi connectivity index (χ2n) is 2.78. The van der Waals surface area contributed by atoms with Crippen LogP contribution >= 0.6 is 0 Å². The molecule has 1 aliphatic rings. The standard InChI is InChI=1S/C8H7NO3/c10-8-4-5-3-6(9(11)12)1-2-7(5)8/h1-3,9,11H,4H2. The van der Waals surface area contributed by atoms with Crippen molar-refractivity contribution in [1.82, 2.24) is 0 Å². The zero-order chi connectivity index (χ0) is 8.72. The summed E-state index contributed by atoms with van der Waals surface area (Å²) in [6.07, 6.45) is 0.385. The molecule has 1 atom stereocenters. The number of fused-ring (bicyclic) bond motifs is 1. The Bertz CT molecular complexity index is 346. The van der Waals surface area contributed by atoms with Crippen LogP contribution in [0.5, 0.6) is 0 Å². The molecule has 0 bridgehead atoms. The number of carbonyl (C=O) groups is 1. The molecule has 12 heavy (non-hydrogen) atoms. The van der Waals surface area contributed by atoms with Gasteiger partial charge in [0.2, 0.25) is 0 Å². The summed E-state index contributed by atoms with van der Waals surface area (Å²) in [4.78, 5) is 10.9. The van der Waals surface area contributed by atoms with Gasteiger partial charge in [0.15, 0.2) is 11.5 Å². The number of ketones is 1. The molecule has 1 aliphatic carbocycles. The molecule has 0 radical (unpaired) electrons. The van der Waals surface area contributed by atoms with E-state index in [2.05, 4.69) is 0 Å². The topological polar surface area (TPSA) is 64.8 Å². The van der Waals surface area contributed by atoms with Crippen LogP contribution in [0.15, 0.2) is 18.2 Å². The van der Waals surface area contributed by atoms with Crippen LogP contribution < -0.4 is 5.23 Å². The summed E-state index contributed by atoms with van der Waals surface area (Å²) in [6, 6.07) is 4.59. The predicted molar refractivity (Wildman–Crippen MR) is 40.3 cm³/mol. The van der Waals surface area contributed by atoms with Gasteiger partial charge in [0.05, 0.1) is 0 Å². The van der Waals surface area contributed by atoms with E-state index in [0.29, 0.717) is 12.0 Å². The highest BCUT2D eigenvalue weighted by Gasteiger charge is 2.23. The van der Waals surface area contributed by atoms with Crippen LogP contribution in [0.1, 0.15) is 15.9 Å². The minimum absolute atomic E-state index is 0.0990. The third-order valence-corrected chi connectivity index (χ3v) is 2.00. The fraction of sp³-hybridized carbons (Fsp3) is 0.125. The third-order valence-electron chi connectivity index (χ3n) is 2.00. The minimum atomic E-state index is -0.947. The molecule has 0 fully saturated rings. The van der Waals surface area contributed by atoms with Crippen LogP contribution in [0.3, 0.4) is 0 Å². The molecule has 4 nitrogen and oxygen atoms in total. The van der Waals surface area contributed by atoms with E-state index in [1.165, 1.54) is 6.07 Å². The Morgan fingerprint density at radius 2 is 2.25 bits per heavy atom. The summed E-state index contributed by atoms with van der Waals surface area (Å²) in [6.45, 7) is 0. The molecule has 0 saturated heterocycles. The number of Topliss-reactive ketones (excluding diaryl/α,β-unsaturated/α-hetero) is 1. The van der Waals surface area contributed by atoms with Gasteiger partial charge in [-0.2, -0.15) is 5.23 Å². The van der Waals surface area contributed by atoms with E-state index in [-0.39, 0.29) is 11.5 Å². The molecule has 1 aromatic rings. The lowest BCUT2D eigenvalue weighted by atomic mass is 9.87. The predicted octanol–water partition coefficient (Wildman–Crippen LogP) is -0.171. The second-order valence-corrected chi connectivity index (χ2v) is 2.78. The molecular weight excluding hydrogens is 158 g/mol. The van der Waals surface area contributed by atoms with Gasteiger partial charge in [-0.3, -0.25) is 4.79 Å². The first-order chi connectivity index (χ1) is 5.68. The fourth-order valence-electron chi connectivity index (χ4n) is 1.31. The summed E-state index contributed by atoms with van der Waals surface area (Å²) in [5.41, 5.74) is 1.76. The Kier molecular flexibility index (Phi) is 1.47. The Morgan fingerprint density at radius 1 is 1.50 bits per heavy atom. The van der Waals surface area contributed by atoms with E-state index in [4.69, 9.17) is 5.21 Å². The number of nitrogens with one attached hydrogen (secondary N) is 1. The first-order valence-electron chi connectivity index (χ1n) is 3.58. The second kappa shape index (κ2) is 2.38. The largest absolute Gasteiger partial charge is 0.595 e. The van der Waals surface area contributed by atoms with Crippen LogP contribution in [-0.4, -0.2) is 11.0 Å². The van der Waals surface area contributed by atoms with E-state index in [9.17, 15) is 10.0 Å². The van der Waals surface area contributed by atoms with Gasteiger partial charge in [-0.05, 0) is 11.6 Å². The SMILES string of the molecule is O=C1Cc2cc([NH+]([O-])O)ccc21. The molecule has 0 spiro atoms. The highest BCUT2D eigenvalue weighted by molar-refractivity contribution is 6.06. The summed E-state index contributed by atoms with van der Waals surface area (Å²) >= 11 is 0. The summed E-state index contributed by atoms with van der Waals surface area (Å²) < 4.78 is 0. The first-order valence-corrected chi connectivity index (χ1v) is 3.58. The highest BCUT2D eigenvalue weighted by Crippen LogP contribution is 2.24. The molecule has 2 N–H and O–H groups in total. The van der Waals surface area contributed by atoms with Crippen molar-refractivity contribution in [3.05, 3.63) is 34.5 Å². The maximum atomic E-state index is 10.9. The zero-order valence-electron chi connectivity index (χ0n) is 6.20. The van der Waals surface area contributed by atoms with Gasteiger partial charge in [-0.15, -0.1) is 0 Å². The number of carbonyl (C=O) groups excluding carboxylic acids is 1. The maximum absolute atomic E-state index is 10.9. The van der Waals surface area contributed by atoms with Crippen molar-refractivity contribution in [3.8, 4) is 0 Å². The van der Waals surface area contributed by atoms with E-state index >= 15 is 0 Å². The molecule has 1 unspecified atom stereocenters. The van der Waals surface area contributed by atoms with Gasteiger partial charge >= 0.3 is 0 Å². The molecule has 1 aromatic carbocycles. The molecule has 0 aromatic heterocycles. The summed E-state index contributed by atoms with van der Waals surface area (Å²) in [5.74, 6) is 0.0990. The Hall–Kier alpha value is -1.23. The number of rotatable bonds is 1. The monoisotopic (exact) mass is 165 g/mol. The van der Waals surface area contributed by atoms with Crippen molar-refractivity contribution in [2.24, 2.45) is 0 Å². The minimum Gasteiger partial charge on any atom is -0.595 e. The zero-order valence-corrected chi connectivity index (χ0v) is 6.20. The number of hydrogen-bond acceptors (Lipinski definition) is 3. The van der Waals surface area contributed by atoms with E-state index < -0.39 is 5.23 Å². The molecule has 4 heteroatoms. The van der Waals surface area contributed by atoms with Gasteiger partial charge in [-0.1, -0.05) is 0 Å². The van der Waals surface area contributed by atoms with Crippen LogP contribution in [0.2, 0.25) is 0 Å². The Balaban J connectivity index is 2.42. The summed E-state index contributed by atoms with van der Waals surface area (Å²) in [7, 11) is 0. The molecule has 0 saturated carbocycles. The number of benzene rings is 1. The van der Waals surface area contributed by atoms with Crippen LogP contribution in [0.25, 0.3) is 0 Å². The fourth-order valence-corrected chi connectivity index (χ4v) is 1.31. The van der Waals surface area contributed by atoms with E-state index in [0.717, 1.165) is 5.56 Å². The van der Waals surface area contributed by atoms with Gasteiger partial charge in [0.1, 0.15) is 0 Å². The summed E-state index contributed by atoms with van der Waals surface area (Å²) in [5, 5.41) is 18.1. The van der Waals surface area contributed by atoms with Crippen molar-refractivity contribution in [1.29, 1.82) is 0 Å². The van der Waals surface area contributed by atoms with Crippen molar-refractivity contribution < 1.29 is 15.2 Å². The lowest BCUT2D eigenvalue weighted by Crippen LogP contribution is -2.99. The van der Waals surface area contributed by atoms with Crippen molar-refractivity contribution in [3.63, 3.8) is 0 Å². The van der Waals surface area contributed by atoms with Crippen LogP contribution in [-0.2, 0) is 6.42 Å². The Labute approximate surface area is 68.6 Å². The van der Waals surface area contributed by atoms with Gasteiger partial charge in [0.25, 0.3) is 0 Å². The van der Waals surface area contributed by atoms with Gasteiger partial charge in [-0.25, -0.2) is 5.21 Å². The van der Waals surface area contributed by atoms with Crippen molar-refractivity contribution in [2.45, 2.75) is 6.42 Å². The average molecular weight is 165 g/mol. The lowest BCUT2D eigenvalue weighted by molar-refractivity contribution is -0.991. The van der Waals surface area contributed by atoms with Crippen LogP contribution in [0, 0.1) is 5.21 Å². The highest BCUT2D eigenvalue weighted by atomic mass is 16.8. The van der Waals surface area contributed by atoms with E-state index in [1.54, 1.807) is 12.1 Å². The smallest absolute Gasteiger partial charge is 0.167 e. The van der Waals surface area contributed by atoms with Crippen molar-refractivity contribution in [2.75, 3.05) is 0 Å². The van der Waals surface area contributed by atoms with Gasteiger partial charge < -0.3 is 5.21 Å². The average Bonchev–Trinajstić information content (AvgIpc) is 2.01. The maximum Gasteiger partial charge on any atom is 0.167 e. The van der Waals surface area contributed by atoms with E-state index in [1.807, 2.05) is 0 Å². The quantitative estimate of drug-likeness (QED) is 0.568. The molecular formula is C8H7NO3.